The van der Waals surface area contributed by atoms with Crippen LogP contribution < -0.4 is 10.6 Å². The lowest BCUT2D eigenvalue weighted by molar-refractivity contribution is 0.0202. The quantitative estimate of drug-likeness (QED) is 0.650. The van der Waals surface area contributed by atoms with Crippen molar-refractivity contribution in [2.45, 2.75) is 84.1 Å². The molecular formula is C20H39N3O5. The van der Waals surface area contributed by atoms with E-state index in [9.17, 15) is 9.59 Å². The molecule has 8 nitrogen and oxygen atoms in total. The molecule has 1 rings (SSSR count). The predicted octanol–water partition coefficient (Wildman–Crippen LogP) is 2.91. The van der Waals surface area contributed by atoms with Gasteiger partial charge in [0.2, 0.25) is 0 Å². The zero-order valence-electron chi connectivity index (χ0n) is 18.6. The lowest BCUT2D eigenvalue weighted by Gasteiger charge is -2.29. The third-order valence-electron chi connectivity index (χ3n) is 4.22. The highest BCUT2D eigenvalue weighted by atomic mass is 16.6. The second-order valence-corrected chi connectivity index (χ2v) is 9.20. The summed E-state index contributed by atoms with van der Waals surface area (Å²) >= 11 is 0. The molecule has 0 aromatic heterocycles. The molecule has 8 heteroatoms. The zero-order valence-corrected chi connectivity index (χ0v) is 18.6. The molecule has 0 aliphatic heterocycles. The minimum Gasteiger partial charge on any atom is -0.444 e. The number of nitrogens with one attached hydrogen (secondary N) is 2. The van der Waals surface area contributed by atoms with E-state index in [-0.39, 0.29) is 24.3 Å². The van der Waals surface area contributed by atoms with Crippen molar-refractivity contribution >= 4 is 12.2 Å². The number of carbonyl (C=O) groups is 2. The summed E-state index contributed by atoms with van der Waals surface area (Å²) in [5, 5.41) is 6.43. The topological polar surface area (TPSA) is 89.1 Å². The van der Waals surface area contributed by atoms with Gasteiger partial charge in [0, 0.05) is 38.8 Å². The van der Waals surface area contributed by atoms with Crippen molar-refractivity contribution in [1.82, 2.24) is 15.5 Å². The normalized spacial score (nSPS) is 20.0. The maximum absolute atomic E-state index is 12.4. The molecule has 164 valence electrons. The summed E-state index contributed by atoms with van der Waals surface area (Å²) in [5.41, 5.74) is -1.05. The first-order valence-electron chi connectivity index (χ1n) is 10.1. The second kappa shape index (κ2) is 10.9. The summed E-state index contributed by atoms with van der Waals surface area (Å²) < 4.78 is 15.9. The Bertz CT molecular complexity index is 499. The van der Waals surface area contributed by atoms with Crippen molar-refractivity contribution in [3.8, 4) is 0 Å². The van der Waals surface area contributed by atoms with Crippen LogP contribution in [0.3, 0.4) is 0 Å². The van der Waals surface area contributed by atoms with Gasteiger partial charge in [0.1, 0.15) is 11.2 Å². The summed E-state index contributed by atoms with van der Waals surface area (Å²) in [6.07, 6.45) is 2.20. The average Bonchev–Trinajstić information content (AvgIpc) is 2.93. The van der Waals surface area contributed by atoms with Gasteiger partial charge in [-0.15, -0.1) is 0 Å². The maximum Gasteiger partial charge on any atom is 0.410 e. The molecule has 0 heterocycles. The molecule has 2 N–H and O–H groups in total. The van der Waals surface area contributed by atoms with Crippen LogP contribution in [0.5, 0.6) is 0 Å². The molecule has 0 bridgehead atoms. The van der Waals surface area contributed by atoms with Crippen LogP contribution in [0.2, 0.25) is 0 Å². The first-order chi connectivity index (χ1) is 12.9. The molecule has 0 saturated heterocycles. The SMILES string of the molecule is COCCN(CCN[C@@H]1CCC[C@@H]1NC(=O)OC(C)(C)C)C(=O)OC(C)(C)C. The number of ether oxygens (including phenoxy) is 3. The molecule has 1 saturated carbocycles. The standard InChI is InChI=1S/C20H39N3O5/c1-19(2,3)27-17(24)22-16-10-8-9-15(16)21-11-12-23(13-14-26-7)18(25)28-20(4,5)6/h15-16,21H,8-14H2,1-7H3,(H,22,24)/t15-,16+/m1/s1. The van der Waals surface area contributed by atoms with Crippen molar-refractivity contribution in [3.05, 3.63) is 0 Å². The van der Waals surface area contributed by atoms with Gasteiger partial charge in [0.05, 0.1) is 6.61 Å². The molecule has 2 atom stereocenters. The number of hydrogen-bond donors (Lipinski definition) is 2. The highest BCUT2D eigenvalue weighted by Crippen LogP contribution is 2.20. The molecule has 0 aromatic carbocycles. The average molecular weight is 402 g/mol. The number of carbonyl (C=O) groups excluding carboxylic acids is 2. The van der Waals surface area contributed by atoms with E-state index in [1.54, 1.807) is 12.0 Å². The fraction of sp³-hybridized carbons (Fsp3) is 0.900. The fourth-order valence-corrected chi connectivity index (χ4v) is 3.04. The minimum atomic E-state index is -0.538. The Kier molecular flexibility index (Phi) is 9.50. The van der Waals surface area contributed by atoms with Gasteiger partial charge in [-0.3, -0.25) is 0 Å². The van der Waals surface area contributed by atoms with Crippen LogP contribution in [-0.2, 0) is 14.2 Å². The Morgan fingerprint density at radius 1 is 0.964 bits per heavy atom. The Hall–Kier alpha value is -1.54. The molecule has 0 unspecified atom stereocenters. The predicted molar refractivity (Wildman–Crippen MR) is 108 cm³/mol. The number of alkyl carbamates (subject to hydrolysis) is 1. The summed E-state index contributed by atoms with van der Waals surface area (Å²) in [6.45, 7) is 13.1. The maximum atomic E-state index is 12.4. The number of rotatable bonds is 8. The number of methoxy groups -OCH3 is 1. The summed E-state index contributed by atoms with van der Waals surface area (Å²) in [7, 11) is 1.61. The van der Waals surface area contributed by atoms with E-state index >= 15 is 0 Å². The van der Waals surface area contributed by atoms with Crippen LogP contribution in [0.1, 0.15) is 60.8 Å². The van der Waals surface area contributed by atoms with Gasteiger partial charge in [-0.2, -0.15) is 0 Å². The molecule has 0 spiro atoms. The Balaban J connectivity index is 2.50. The van der Waals surface area contributed by atoms with E-state index in [2.05, 4.69) is 10.6 Å². The fourth-order valence-electron chi connectivity index (χ4n) is 3.04. The van der Waals surface area contributed by atoms with Crippen LogP contribution in [0.25, 0.3) is 0 Å². The molecular weight excluding hydrogens is 362 g/mol. The van der Waals surface area contributed by atoms with Gasteiger partial charge in [-0.25, -0.2) is 9.59 Å². The van der Waals surface area contributed by atoms with Crippen molar-refractivity contribution in [3.63, 3.8) is 0 Å². The van der Waals surface area contributed by atoms with Crippen molar-refractivity contribution < 1.29 is 23.8 Å². The first kappa shape index (κ1) is 24.5. The third kappa shape index (κ3) is 10.1. The number of nitrogens with zero attached hydrogens (tertiary/aromatic N) is 1. The van der Waals surface area contributed by atoms with Gasteiger partial charge >= 0.3 is 12.2 Å². The highest BCUT2D eigenvalue weighted by Gasteiger charge is 2.30. The molecule has 28 heavy (non-hydrogen) atoms. The smallest absolute Gasteiger partial charge is 0.410 e. The molecule has 0 radical (unpaired) electrons. The van der Waals surface area contributed by atoms with Crippen LogP contribution >= 0.6 is 0 Å². The number of amides is 2. The highest BCUT2D eigenvalue weighted by molar-refractivity contribution is 5.68. The van der Waals surface area contributed by atoms with Crippen molar-refractivity contribution in [2.75, 3.05) is 33.4 Å². The summed E-state index contributed by atoms with van der Waals surface area (Å²) in [4.78, 5) is 26.1. The van der Waals surface area contributed by atoms with Gasteiger partial charge in [0.25, 0.3) is 0 Å². The molecule has 2 amide bonds. The Morgan fingerprint density at radius 2 is 1.57 bits per heavy atom. The van der Waals surface area contributed by atoms with Gasteiger partial charge in [-0.1, -0.05) is 0 Å². The largest absolute Gasteiger partial charge is 0.444 e. The van der Waals surface area contributed by atoms with Gasteiger partial charge < -0.3 is 29.7 Å². The minimum absolute atomic E-state index is 0.0313. The molecule has 0 aromatic rings. The summed E-state index contributed by atoms with van der Waals surface area (Å²) in [5.74, 6) is 0. The third-order valence-corrected chi connectivity index (χ3v) is 4.22. The second-order valence-electron chi connectivity index (χ2n) is 9.20. The van der Waals surface area contributed by atoms with E-state index in [4.69, 9.17) is 14.2 Å². The van der Waals surface area contributed by atoms with Gasteiger partial charge in [0.15, 0.2) is 0 Å². The lowest BCUT2D eigenvalue weighted by Crippen LogP contribution is -2.50. The van der Waals surface area contributed by atoms with E-state index < -0.39 is 11.2 Å². The van der Waals surface area contributed by atoms with E-state index in [1.165, 1.54) is 0 Å². The van der Waals surface area contributed by atoms with Gasteiger partial charge in [-0.05, 0) is 60.8 Å². The Labute approximate surface area is 169 Å². The van der Waals surface area contributed by atoms with E-state index in [0.717, 1.165) is 19.3 Å². The Morgan fingerprint density at radius 3 is 2.14 bits per heavy atom. The first-order valence-corrected chi connectivity index (χ1v) is 10.1. The summed E-state index contributed by atoms with van der Waals surface area (Å²) in [6, 6.07) is 0.194. The van der Waals surface area contributed by atoms with Crippen molar-refractivity contribution in [1.29, 1.82) is 0 Å². The van der Waals surface area contributed by atoms with Crippen LogP contribution in [-0.4, -0.2) is 73.7 Å². The van der Waals surface area contributed by atoms with Crippen LogP contribution in [0.15, 0.2) is 0 Å². The zero-order chi connectivity index (χ0) is 21.4. The van der Waals surface area contributed by atoms with E-state index in [0.29, 0.717) is 26.2 Å². The lowest BCUT2D eigenvalue weighted by atomic mass is 10.1. The van der Waals surface area contributed by atoms with Crippen molar-refractivity contribution in [2.24, 2.45) is 0 Å². The molecule has 1 fully saturated rings. The monoisotopic (exact) mass is 401 g/mol. The molecule has 1 aliphatic rings. The van der Waals surface area contributed by atoms with E-state index in [1.807, 2.05) is 41.5 Å². The van der Waals surface area contributed by atoms with Crippen LogP contribution in [0.4, 0.5) is 9.59 Å². The molecule has 1 aliphatic carbocycles. The number of hydrogen-bond acceptors (Lipinski definition) is 6. The van der Waals surface area contributed by atoms with Crippen LogP contribution in [0, 0.1) is 0 Å².